The number of carbonyl (C=O) groups is 1. The van der Waals surface area contributed by atoms with Gasteiger partial charge >= 0.3 is 0 Å². The fourth-order valence-corrected chi connectivity index (χ4v) is 1.60. The van der Waals surface area contributed by atoms with Crippen molar-refractivity contribution in [3.63, 3.8) is 0 Å². The maximum atomic E-state index is 10.6. The van der Waals surface area contributed by atoms with Gasteiger partial charge in [0.05, 0.1) is 17.4 Å². The van der Waals surface area contributed by atoms with Gasteiger partial charge in [-0.15, -0.1) is 0 Å². The second kappa shape index (κ2) is 6.41. The predicted octanol–water partition coefficient (Wildman–Crippen LogP) is 2.34. The highest BCUT2D eigenvalue weighted by molar-refractivity contribution is 8.13. The fraction of sp³-hybridized carbons (Fsp3) is 0.273. The van der Waals surface area contributed by atoms with E-state index in [0.29, 0.717) is 28.6 Å². The van der Waals surface area contributed by atoms with E-state index >= 15 is 0 Å². The Kier molecular flexibility index (Phi) is 5.17. The van der Waals surface area contributed by atoms with Crippen molar-refractivity contribution in [1.82, 2.24) is 4.98 Å². The molecule has 1 heterocycles. The van der Waals surface area contributed by atoms with Crippen molar-refractivity contribution in [3.05, 3.63) is 23.0 Å². The minimum absolute atomic E-state index is 0.102. The first-order chi connectivity index (χ1) is 7.59. The summed E-state index contributed by atoms with van der Waals surface area (Å²) in [7, 11) is 0. The first-order valence-electron chi connectivity index (χ1n) is 4.63. The van der Waals surface area contributed by atoms with Gasteiger partial charge in [-0.1, -0.05) is 35.2 Å². The van der Waals surface area contributed by atoms with Crippen LogP contribution in [-0.4, -0.2) is 15.9 Å². The molecule has 1 aromatic heterocycles. The molecule has 0 amide bonds. The summed E-state index contributed by atoms with van der Waals surface area (Å²) < 4.78 is 0. The number of carbonyl (C=O) groups excluding carboxylic acids is 1. The van der Waals surface area contributed by atoms with Crippen molar-refractivity contribution < 1.29 is 4.79 Å². The highest BCUT2D eigenvalue weighted by atomic mass is 35.5. The average Bonchev–Trinajstić information content (AvgIpc) is 2.22. The van der Waals surface area contributed by atoms with Gasteiger partial charge in [-0.05, 0) is 6.07 Å². The second-order valence-electron chi connectivity index (χ2n) is 3.00. The Balaban J connectivity index is 2.56. The molecule has 0 fully saturated rings. The number of hydrogen-bond acceptors (Lipinski definition) is 4. The van der Waals surface area contributed by atoms with Gasteiger partial charge in [0.1, 0.15) is 5.15 Å². The molecule has 5 heteroatoms. The van der Waals surface area contributed by atoms with Crippen LogP contribution in [0, 0.1) is 11.8 Å². The molecule has 3 nitrogen and oxygen atoms in total. The minimum Gasteiger partial charge on any atom is -0.397 e. The number of halogens is 1. The third kappa shape index (κ3) is 4.56. The van der Waals surface area contributed by atoms with Gasteiger partial charge in [0, 0.05) is 19.1 Å². The zero-order chi connectivity index (χ0) is 12.0. The van der Waals surface area contributed by atoms with Crippen molar-refractivity contribution in [2.45, 2.75) is 13.3 Å². The lowest BCUT2D eigenvalue weighted by molar-refractivity contribution is -0.109. The number of nitrogens with zero attached hydrogens (tertiary/aromatic N) is 1. The predicted molar refractivity (Wildman–Crippen MR) is 68.3 cm³/mol. The third-order valence-corrected chi connectivity index (χ3v) is 2.73. The van der Waals surface area contributed by atoms with Crippen molar-refractivity contribution in [3.8, 4) is 11.8 Å². The van der Waals surface area contributed by atoms with Crippen LogP contribution in [0.2, 0.25) is 5.15 Å². The second-order valence-corrected chi connectivity index (χ2v) is 4.63. The number of thioether (sulfide) groups is 1. The normalized spacial score (nSPS) is 9.38. The molecular formula is C11H11ClN2OS. The Morgan fingerprint density at radius 1 is 1.69 bits per heavy atom. The van der Waals surface area contributed by atoms with Gasteiger partial charge in [0.15, 0.2) is 5.12 Å². The van der Waals surface area contributed by atoms with Crippen molar-refractivity contribution in [2.75, 3.05) is 11.5 Å². The van der Waals surface area contributed by atoms with Crippen LogP contribution < -0.4 is 5.73 Å². The lowest BCUT2D eigenvalue weighted by atomic mass is 10.2. The number of nitrogens with two attached hydrogens (primary N) is 1. The van der Waals surface area contributed by atoms with Crippen molar-refractivity contribution in [2.24, 2.45) is 0 Å². The standard InChI is InChI=1S/C11H11ClN2OS/c1-8(15)16-5-3-2-4-9-6-10(13)7-14-11(9)12/h6-7H,3,5,13H2,1H3. The molecule has 0 bridgehead atoms. The smallest absolute Gasteiger partial charge is 0.185 e. The summed E-state index contributed by atoms with van der Waals surface area (Å²) in [4.78, 5) is 14.5. The molecule has 1 rings (SSSR count). The van der Waals surface area contributed by atoms with E-state index in [9.17, 15) is 4.79 Å². The molecule has 0 unspecified atom stereocenters. The average molecular weight is 255 g/mol. The number of hydrogen-bond donors (Lipinski definition) is 1. The molecule has 0 aromatic carbocycles. The molecule has 2 N–H and O–H groups in total. The highest BCUT2D eigenvalue weighted by Crippen LogP contribution is 2.14. The number of rotatable bonds is 2. The summed E-state index contributed by atoms with van der Waals surface area (Å²) in [6.45, 7) is 1.54. The molecule has 16 heavy (non-hydrogen) atoms. The summed E-state index contributed by atoms with van der Waals surface area (Å²) in [6, 6.07) is 1.68. The molecule has 0 aliphatic rings. The van der Waals surface area contributed by atoms with Gasteiger partial charge in [-0.25, -0.2) is 4.98 Å². The number of anilines is 1. The quantitative estimate of drug-likeness (QED) is 0.500. The van der Waals surface area contributed by atoms with Crippen LogP contribution >= 0.6 is 23.4 Å². The molecule has 0 radical (unpaired) electrons. The topological polar surface area (TPSA) is 56.0 Å². The van der Waals surface area contributed by atoms with Crippen LogP contribution in [-0.2, 0) is 4.79 Å². The van der Waals surface area contributed by atoms with Gasteiger partial charge in [-0.2, -0.15) is 0 Å². The van der Waals surface area contributed by atoms with Crippen LogP contribution in [0.3, 0.4) is 0 Å². The van der Waals surface area contributed by atoms with Crippen molar-refractivity contribution >= 4 is 34.2 Å². The molecule has 0 spiro atoms. The summed E-state index contributed by atoms with van der Waals surface area (Å²) in [6.07, 6.45) is 2.12. The Hall–Kier alpha value is -1.18. The number of nitrogen functional groups attached to an aromatic ring is 1. The van der Waals surface area contributed by atoms with Crippen LogP contribution in [0.5, 0.6) is 0 Å². The van der Waals surface area contributed by atoms with Crippen LogP contribution in [0.25, 0.3) is 0 Å². The van der Waals surface area contributed by atoms with Crippen LogP contribution in [0.15, 0.2) is 12.3 Å². The van der Waals surface area contributed by atoms with E-state index in [1.807, 2.05) is 0 Å². The van der Waals surface area contributed by atoms with E-state index in [-0.39, 0.29) is 5.12 Å². The third-order valence-electron chi connectivity index (χ3n) is 1.62. The van der Waals surface area contributed by atoms with Gasteiger partial charge in [0.2, 0.25) is 0 Å². The fourth-order valence-electron chi connectivity index (χ4n) is 0.955. The lowest BCUT2D eigenvalue weighted by Gasteiger charge is -1.96. The summed E-state index contributed by atoms with van der Waals surface area (Å²) in [5.74, 6) is 6.49. The number of pyridine rings is 1. The van der Waals surface area contributed by atoms with Crippen LogP contribution in [0.4, 0.5) is 5.69 Å². The highest BCUT2D eigenvalue weighted by Gasteiger charge is 1.98. The molecular weight excluding hydrogens is 244 g/mol. The monoisotopic (exact) mass is 254 g/mol. The molecule has 0 aliphatic heterocycles. The SMILES string of the molecule is CC(=O)SCCC#Cc1cc(N)cnc1Cl. The van der Waals surface area contributed by atoms with E-state index in [4.69, 9.17) is 17.3 Å². The van der Waals surface area contributed by atoms with E-state index in [2.05, 4.69) is 16.8 Å². The Morgan fingerprint density at radius 2 is 2.44 bits per heavy atom. The molecule has 84 valence electrons. The van der Waals surface area contributed by atoms with E-state index < -0.39 is 0 Å². The van der Waals surface area contributed by atoms with E-state index in [1.165, 1.54) is 24.9 Å². The summed E-state index contributed by atoms with van der Waals surface area (Å²) in [5, 5.41) is 0.450. The van der Waals surface area contributed by atoms with Crippen LogP contribution in [0.1, 0.15) is 18.9 Å². The van der Waals surface area contributed by atoms with E-state index in [0.717, 1.165) is 0 Å². The first-order valence-corrected chi connectivity index (χ1v) is 5.99. The lowest BCUT2D eigenvalue weighted by Crippen LogP contribution is -1.89. The van der Waals surface area contributed by atoms with Gasteiger partial charge in [-0.3, -0.25) is 4.79 Å². The van der Waals surface area contributed by atoms with Gasteiger partial charge < -0.3 is 5.73 Å². The Labute approximate surface area is 104 Å². The molecule has 0 aliphatic carbocycles. The van der Waals surface area contributed by atoms with Gasteiger partial charge in [0.25, 0.3) is 0 Å². The number of aromatic nitrogens is 1. The Morgan fingerprint density at radius 3 is 3.12 bits per heavy atom. The molecule has 0 atom stereocenters. The zero-order valence-corrected chi connectivity index (χ0v) is 10.4. The minimum atomic E-state index is 0.102. The molecule has 1 aromatic rings. The largest absolute Gasteiger partial charge is 0.397 e. The zero-order valence-electron chi connectivity index (χ0n) is 8.79. The first kappa shape index (κ1) is 12.9. The summed E-state index contributed by atoms with van der Waals surface area (Å²) in [5.41, 5.74) is 6.71. The summed E-state index contributed by atoms with van der Waals surface area (Å²) >= 11 is 7.09. The maximum absolute atomic E-state index is 10.6. The maximum Gasteiger partial charge on any atom is 0.185 e. The van der Waals surface area contributed by atoms with Crippen molar-refractivity contribution in [1.29, 1.82) is 0 Å². The molecule has 0 saturated heterocycles. The molecule has 0 saturated carbocycles. The van der Waals surface area contributed by atoms with E-state index in [1.54, 1.807) is 6.07 Å². The Bertz CT molecular complexity index is 451.